The highest BCUT2D eigenvalue weighted by Crippen LogP contribution is 2.27. The lowest BCUT2D eigenvalue weighted by molar-refractivity contribution is -0.146. The fraction of sp³-hybridized carbons (Fsp3) is 0.571. The van der Waals surface area contributed by atoms with Crippen molar-refractivity contribution >= 4 is 5.69 Å². The Kier molecular flexibility index (Phi) is 4.95. The van der Waals surface area contributed by atoms with Crippen molar-refractivity contribution < 1.29 is 17.9 Å². The molecular weight excluding hydrogens is 283 g/mol. The van der Waals surface area contributed by atoms with Crippen molar-refractivity contribution in [3.8, 4) is 5.75 Å². The van der Waals surface area contributed by atoms with Gasteiger partial charge in [0.25, 0.3) is 0 Å². The van der Waals surface area contributed by atoms with Crippen LogP contribution in [0.15, 0.2) is 18.2 Å². The van der Waals surface area contributed by atoms with Gasteiger partial charge in [-0.25, -0.2) is 0 Å². The Balaban J connectivity index is 2.04. The van der Waals surface area contributed by atoms with Crippen molar-refractivity contribution in [2.24, 2.45) is 5.73 Å². The molecule has 1 aromatic carbocycles. The zero-order valence-electron chi connectivity index (χ0n) is 12.0. The number of hydrogen-bond donors (Lipinski definition) is 1. The Morgan fingerprint density at radius 1 is 1.19 bits per heavy atom. The van der Waals surface area contributed by atoms with E-state index in [1.807, 2.05) is 18.2 Å². The van der Waals surface area contributed by atoms with Gasteiger partial charge in [-0.15, -0.1) is 0 Å². The van der Waals surface area contributed by atoms with Gasteiger partial charge in [-0.3, -0.25) is 4.90 Å². The minimum Gasteiger partial charge on any atom is -0.497 e. The average Bonchev–Trinajstić information content (AvgIpc) is 2.45. The van der Waals surface area contributed by atoms with E-state index in [9.17, 15) is 13.2 Å². The molecule has 0 spiro atoms. The molecule has 7 heteroatoms. The van der Waals surface area contributed by atoms with Crippen LogP contribution in [-0.4, -0.2) is 50.9 Å². The van der Waals surface area contributed by atoms with Crippen LogP contribution in [0.1, 0.15) is 5.56 Å². The number of alkyl halides is 3. The van der Waals surface area contributed by atoms with Gasteiger partial charge in [0.05, 0.1) is 13.7 Å². The number of anilines is 1. The Bertz CT molecular complexity index is 471. The first-order valence-electron chi connectivity index (χ1n) is 6.84. The predicted molar refractivity (Wildman–Crippen MR) is 75.6 cm³/mol. The molecule has 0 radical (unpaired) electrons. The van der Waals surface area contributed by atoms with Gasteiger partial charge in [0.2, 0.25) is 0 Å². The van der Waals surface area contributed by atoms with Crippen LogP contribution < -0.4 is 15.4 Å². The van der Waals surface area contributed by atoms with Gasteiger partial charge < -0.3 is 15.4 Å². The lowest BCUT2D eigenvalue weighted by atomic mass is 10.1. The minimum absolute atomic E-state index is 0.390. The number of nitrogens with two attached hydrogens (primary N) is 1. The molecule has 0 amide bonds. The van der Waals surface area contributed by atoms with E-state index in [0.29, 0.717) is 32.7 Å². The summed E-state index contributed by atoms with van der Waals surface area (Å²) in [4.78, 5) is 3.50. The second-order valence-electron chi connectivity index (χ2n) is 5.08. The summed E-state index contributed by atoms with van der Waals surface area (Å²) in [6.45, 7) is 1.43. The second-order valence-corrected chi connectivity index (χ2v) is 5.08. The summed E-state index contributed by atoms with van der Waals surface area (Å²) in [5.74, 6) is 0.722. The van der Waals surface area contributed by atoms with E-state index < -0.39 is 12.7 Å². The van der Waals surface area contributed by atoms with E-state index in [0.717, 1.165) is 17.0 Å². The maximum absolute atomic E-state index is 12.4. The first kappa shape index (κ1) is 15.9. The fourth-order valence-corrected chi connectivity index (χ4v) is 2.54. The van der Waals surface area contributed by atoms with E-state index in [4.69, 9.17) is 10.5 Å². The summed E-state index contributed by atoms with van der Waals surface area (Å²) in [6, 6.07) is 5.63. The zero-order chi connectivity index (χ0) is 15.5. The molecule has 0 saturated carbocycles. The van der Waals surface area contributed by atoms with Gasteiger partial charge >= 0.3 is 6.18 Å². The highest BCUT2D eigenvalue weighted by molar-refractivity contribution is 5.57. The number of piperazine rings is 1. The van der Waals surface area contributed by atoms with Crippen molar-refractivity contribution in [2.75, 3.05) is 44.7 Å². The molecule has 0 aromatic heterocycles. The molecule has 0 bridgehead atoms. The van der Waals surface area contributed by atoms with Gasteiger partial charge in [-0.05, 0) is 11.6 Å². The lowest BCUT2D eigenvalue weighted by Gasteiger charge is -2.37. The third-order valence-electron chi connectivity index (χ3n) is 3.63. The number of nitrogens with zero attached hydrogens (tertiary/aromatic N) is 2. The fourth-order valence-electron chi connectivity index (χ4n) is 2.54. The van der Waals surface area contributed by atoms with Gasteiger partial charge in [-0.1, -0.05) is 6.07 Å². The van der Waals surface area contributed by atoms with Crippen molar-refractivity contribution in [1.82, 2.24) is 4.90 Å². The van der Waals surface area contributed by atoms with Crippen molar-refractivity contribution in [1.29, 1.82) is 0 Å². The van der Waals surface area contributed by atoms with Gasteiger partial charge in [-0.2, -0.15) is 13.2 Å². The molecule has 2 N–H and O–H groups in total. The summed E-state index contributed by atoms with van der Waals surface area (Å²) in [5, 5.41) is 0. The number of rotatable bonds is 4. The maximum Gasteiger partial charge on any atom is 0.401 e. The van der Waals surface area contributed by atoms with Crippen LogP contribution in [0.3, 0.4) is 0 Å². The number of methoxy groups -OCH3 is 1. The number of ether oxygens (including phenoxy) is 1. The maximum atomic E-state index is 12.4. The van der Waals surface area contributed by atoms with Crippen molar-refractivity contribution in [2.45, 2.75) is 12.7 Å². The largest absolute Gasteiger partial charge is 0.497 e. The van der Waals surface area contributed by atoms with Crippen LogP contribution in [0.2, 0.25) is 0 Å². The van der Waals surface area contributed by atoms with Crippen LogP contribution in [0.4, 0.5) is 18.9 Å². The summed E-state index contributed by atoms with van der Waals surface area (Å²) < 4.78 is 42.4. The Morgan fingerprint density at radius 2 is 1.86 bits per heavy atom. The number of hydrogen-bond acceptors (Lipinski definition) is 4. The first-order chi connectivity index (χ1) is 9.93. The smallest absolute Gasteiger partial charge is 0.401 e. The zero-order valence-corrected chi connectivity index (χ0v) is 12.0. The van der Waals surface area contributed by atoms with E-state index in [-0.39, 0.29) is 0 Å². The van der Waals surface area contributed by atoms with Crippen LogP contribution >= 0.6 is 0 Å². The molecule has 1 fully saturated rings. The number of benzene rings is 1. The molecule has 1 aliphatic heterocycles. The van der Waals surface area contributed by atoms with Gasteiger partial charge in [0.15, 0.2) is 0 Å². The van der Waals surface area contributed by atoms with Gasteiger partial charge in [0, 0.05) is 44.5 Å². The molecule has 1 aromatic rings. The monoisotopic (exact) mass is 303 g/mol. The van der Waals surface area contributed by atoms with Crippen molar-refractivity contribution in [3.05, 3.63) is 23.8 Å². The standard InChI is InChI=1S/C14H20F3N3O/c1-21-12-3-2-11(9-18)13(8-12)20-6-4-19(5-7-20)10-14(15,16)17/h2-3,8H,4-7,9-10,18H2,1H3. The molecule has 0 aliphatic carbocycles. The SMILES string of the molecule is COc1ccc(CN)c(N2CCN(CC(F)(F)F)CC2)c1. The molecule has 4 nitrogen and oxygen atoms in total. The topological polar surface area (TPSA) is 41.7 Å². The van der Waals surface area contributed by atoms with Crippen LogP contribution in [0, 0.1) is 0 Å². The predicted octanol–water partition coefficient (Wildman–Crippen LogP) is 1.84. The molecule has 0 atom stereocenters. The Morgan fingerprint density at radius 3 is 2.38 bits per heavy atom. The highest BCUT2D eigenvalue weighted by atomic mass is 19.4. The van der Waals surface area contributed by atoms with E-state index in [1.54, 1.807) is 7.11 Å². The van der Waals surface area contributed by atoms with Gasteiger partial charge in [0.1, 0.15) is 5.75 Å². The van der Waals surface area contributed by atoms with Crippen LogP contribution in [0.25, 0.3) is 0 Å². The van der Waals surface area contributed by atoms with E-state index in [1.165, 1.54) is 4.90 Å². The van der Waals surface area contributed by atoms with Crippen LogP contribution in [0.5, 0.6) is 5.75 Å². The molecule has 1 aliphatic rings. The Hall–Kier alpha value is -1.47. The third kappa shape index (κ3) is 4.25. The molecule has 1 heterocycles. The first-order valence-corrected chi connectivity index (χ1v) is 6.84. The number of halogens is 3. The third-order valence-corrected chi connectivity index (χ3v) is 3.63. The molecule has 118 valence electrons. The summed E-state index contributed by atoms with van der Waals surface area (Å²) in [7, 11) is 1.59. The summed E-state index contributed by atoms with van der Waals surface area (Å²) in [6.07, 6.45) is -4.14. The van der Waals surface area contributed by atoms with Crippen LogP contribution in [-0.2, 0) is 6.54 Å². The van der Waals surface area contributed by atoms with Crippen molar-refractivity contribution in [3.63, 3.8) is 0 Å². The molecule has 21 heavy (non-hydrogen) atoms. The molecule has 1 saturated heterocycles. The van der Waals surface area contributed by atoms with E-state index in [2.05, 4.69) is 4.90 Å². The highest BCUT2D eigenvalue weighted by Gasteiger charge is 2.32. The van der Waals surface area contributed by atoms with E-state index >= 15 is 0 Å². The summed E-state index contributed by atoms with van der Waals surface area (Å²) in [5.41, 5.74) is 7.65. The second kappa shape index (κ2) is 6.53. The molecule has 0 unspecified atom stereocenters. The average molecular weight is 303 g/mol. The minimum atomic E-state index is -4.14. The molecule has 2 rings (SSSR count). The summed E-state index contributed by atoms with van der Waals surface area (Å²) >= 11 is 0. The quantitative estimate of drug-likeness (QED) is 0.921. The lowest BCUT2D eigenvalue weighted by Crippen LogP contribution is -2.49. The normalized spacial score (nSPS) is 17.1. The molecular formula is C14H20F3N3O. The Labute approximate surface area is 122 Å².